The summed E-state index contributed by atoms with van der Waals surface area (Å²) in [6.07, 6.45) is -4.73. The number of rotatable bonds is 5. The molecule has 1 unspecified atom stereocenters. The minimum Gasteiger partial charge on any atom is -0.497 e. The number of nitriles is 1. The maximum atomic E-state index is 13.5. The lowest BCUT2D eigenvalue weighted by molar-refractivity contribution is -0.137. The number of alkyl halides is 3. The molecule has 0 bridgehead atoms. The van der Waals surface area contributed by atoms with Crippen LogP contribution in [0.4, 0.5) is 18.9 Å². The zero-order valence-electron chi connectivity index (χ0n) is 18.8. The maximum Gasteiger partial charge on any atom is 0.417 e. The average molecular weight is 476 g/mol. The first-order chi connectivity index (χ1) is 16.1. The van der Waals surface area contributed by atoms with Gasteiger partial charge in [-0.25, -0.2) is 0 Å². The van der Waals surface area contributed by atoms with Gasteiger partial charge in [-0.2, -0.15) is 18.4 Å². The molecule has 8 nitrogen and oxygen atoms in total. The second-order valence-corrected chi connectivity index (χ2v) is 7.52. The summed E-state index contributed by atoms with van der Waals surface area (Å²) in [4.78, 5) is 28.8. The van der Waals surface area contributed by atoms with E-state index >= 15 is 0 Å². The molecule has 180 valence electrons. The Morgan fingerprint density at radius 1 is 1.09 bits per heavy atom. The first-order valence-electron chi connectivity index (χ1n) is 10.2. The van der Waals surface area contributed by atoms with Crippen LogP contribution in [0.1, 0.15) is 21.5 Å². The lowest BCUT2D eigenvalue weighted by Crippen LogP contribution is -2.60. The molecule has 3 rings (SSSR count). The van der Waals surface area contributed by atoms with Gasteiger partial charge in [-0.05, 0) is 30.3 Å². The van der Waals surface area contributed by atoms with E-state index in [-0.39, 0.29) is 36.8 Å². The summed E-state index contributed by atoms with van der Waals surface area (Å²) in [5.74, 6) is 0.00287. The molecule has 1 aliphatic heterocycles. The summed E-state index contributed by atoms with van der Waals surface area (Å²) in [6.45, 7) is 0.209. The minimum absolute atomic E-state index is 0.0562. The predicted molar refractivity (Wildman–Crippen MR) is 117 cm³/mol. The number of hydrogen-bond donors (Lipinski definition) is 1. The first-order valence-corrected chi connectivity index (χ1v) is 10.2. The van der Waals surface area contributed by atoms with E-state index in [0.29, 0.717) is 11.5 Å². The van der Waals surface area contributed by atoms with Crippen LogP contribution in [0, 0.1) is 11.3 Å². The summed E-state index contributed by atoms with van der Waals surface area (Å²) in [5, 5.41) is 11.6. The second-order valence-electron chi connectivity index (χ2n) is 7.52. The lowest BCUT2D eigenvalue weighted by Gasteiger charge is -2.42. The molecule has 1 fully saturated rings. The number of carbonyl (C=O) groups excluding carboxylic acids is 2. The quantitative estimate of drug-likeness (QED) is 0.713. The zero-order valence-corrected chi connectivity index (χ0v) is 18.8. The fourth-order valence-corrected chi connectivity index (χ4v) is 3.82. The van der Waals surface area contributed by atoms with Gasteiger partial charge in [0.15, 0.2) is 0 Å². The number of likely N-dealkylation sites (N-methyl/N-ethyl adjacent to an activating group) is 1. The third-order valence-electron chi connectivity index (χ3n) is 5.58. The summed E-state index contributed by atoms with van der Waals surface area (Å²) >= 11 is 0. The summed E-state index contributed by atoms with van der Waals surface area (Å²) < 4.78 is 50.8. The van der Waals surface area contributed by atoms with Crippen LogP contribution in [0.3, 0.4) is 0 Å². The third-order valence-corrected chi connectivity index (χ3v) is 5.58. The monoisotopic (exact) mass is 476 g/mol. The van der Waals surface area contributed by atoms with Crippen molar-refractivity contribution in [1.29, 1.82) is 5.26 Å². The minimum atomic E-state index is -4.73. The molecule has 1 atom stereocenters. The summed E-state index contributed by atoms with van der Waals surface area (Å²) in [7, 11) is 4.32. The zero-order chi connectivity index (χ0) is 25.0. The van der Waals surface area contributed by atoms with E-state index in [2.05, 4.69) is 5.32 Å². The van der Waals surface area contributed by atoms with Gasteiger partial charge in [0.1, 0.15) is 17.5 Å². The molecule has 2 amide bonds. The molecular weight excluding hydrogens is 453 g/mol. The predicted octanol–water partition coefficient (Wildman–Crippen LogP) is 2.67. The highest BCUT2D eigenvalue weighted by Gasteiger charge is 2.38. The van der Waals surface area contributed by atoms with Gasteiger partial charge in [0.05, 0.1) is 38.0 Å². The first kappa shape index (κ1) is 24.7. The third kappa shape index (κ3) is 5.01. The molecule has 2 aromatic carbocycles. The number of benzene rings is 2. The number of carbonyl (C=O) groups is 2. The van der Waals surface area contributed by atoms with E-state index in [1.165, 1.54) is 37.1 Å². The molecule has 1 heterocycles. The van der Waals surface area contributed by atoms with Gasteiger partial charge in [0.2, 0.25) is 5.91 Å². The van der Waals surface area contributed by atoms with Crippen LogP contribution in [0.15, 0.2) is 36.4 Å². The van der Waals surface area contributed by atoms with Crippen molar-refractivity contribution in [3.05, 3.63) is 53.1 Å². The number of methoxy groups -OCH3 is 2. The van der Waals surface area contributed by atoms with Crippen molar-refractivity contribution < 1.29 is 32.2 Å². The number of ether oxygens (including phenoxy) is 2. The molecule has 0 aromatic heterocycles. The van der Waals surface area contributed by atoms with Gasteiger partial charge >= 0.3 is 6.18 Å². The topological polar surface area (TPSA) is 94.9 Å². The normalized spacial score (nSPS) is 16.0. The van der Waals surface area contributed by atoms with Gasteiger partial charge in [-0.3, -0.25) is 9.59 Å². The molecule has 0 saturated carbocycles. The molecule has 1 N–H and O–H groups in total. The van der Waals surface area contributed by atoms with Crippen molar-refractivity contribution in [2.75, 3.05) is 45.8 Å². The van der Waals surface area contributed by atoms with Crippen LogP contribution in [0.25, 0.3) is 0 Å². The Kier molecular flexibility index (Phi) is 7.20. The highest BCUT2D eigenvalue weighted by atomic mass is 19.4. The number of anilines is 1. The Labute approximate surface area is 194 Å². The molecule has 34 heavy (non-hydrogen) atoms. The Bertz CT molecular complexity index is 1110. The molecule has 2 aromatic rings. The van der Waals surface area contributed by atoms with Gasteiger partial charge in [-0.15, -0.1) is 0 Å². The SMILES string of the molecule is CNC(=O)C1CN(C(=O)c2cc(OC)cc(OC)c2)CCN1c1ccc(C#N)c(C(F)(F)F)c1. The standard InChI is InChI=1S/C23H23F3N4O4/c1-28-21(31)20-13-29(22(32)15-8-17(33-2)11-18(9-15)34-3)6-7-30(20)16-5-4-14(12-27)19(10-16)23(24,25)26/h4-5,8-11,20H,6-7,13H2,1-3H3,(H,28,31). The van der Waals surface area contributed by atoms with Crippen LogP contribution in [0.2, 0.25) is 0 Å². The van der Waals surface area contributed by atoms with Crippen LogP contribution in [0.5, 0.6) is 11.5 Å². The van der Waals surface area contributed by atoms with Crippen molar-refractivity contribution in [2.45, 2.75) is 12.2 Å². The maximum absolute atomic E-state index is 13.5. The van der Waals surface area contributed by atoms with Crippen molar-refractivity contribution in [3.8, 4) is 17.6 Å². The molecule has 0 radical (unpaired) electrons. The average Bonchev–Trinajstić information content (AvgIpc) is 2.86. The fourth-order valence-electron chi connectivity index (χ4n) is 3.82. The van der Waals surface area contributed by atoms with Crippen LogP contribution in [-0.2, 0) is 11.0 Å². The molecule has 1 saturated heterocycles. The van der Waals surface area contributed by atoms with E-state index in [1.54, 1.807) is 24.3 Å². The highest BCUT2D eigenvalue weighted by molar-refractivity contribution is 5.96. The van der Waals surface area contributed by atoms with Crippen LogP contribution in [-0.4, -0.2) is 63.7 Å². The molecule has 0 aliphatic carbocycles. The Morgan fingerprint density at radius 2 is 1.74 bits per heavy atom. The Hall–Kier alpha value is -3.94. The van der Waals surface area contributed by atoms with E-state index in [9.17, 15) is 22.8 Å². The molecule has 11 heteroatoms. The summed E-state index contributed by atoms with van der Waals surface area (Å²) in [5.41, 5.74) is -1.16. The number of nitrogens with zero attached hydrogens (tertiary/aromatic N) is 3. The van der Waals surface area contributed by atoms with E-state index in [0.717, 1.165) is 12.1 Å². The smallest absolute Gasteiger partial charge is 0.417 e. The Morgan fingerprint density at radius 3 is 2.26 bits per heavy atom. The number of nitrogens with one attached hydrogen (secondary N) is 1. The van der Waals surface area contributed by atoms with Crippen molar-refractivity contribution >= 4 is 17.5 Å². The largest absolute Gasteiger partial charge is 0.497 e. The molecule has 0 spiro atoms. The summed E-state index contributed by atoms with van der Waals surface area (Å²) in [6, 6.07) is 8.62. The van der Waals surface area contributed by atoms with Gasteiger partial charge in [0, 0.05) is 37.5 Å². The van der Waals surface area contributed by atoms with Gasteiger partial charge in [0.25, 0.3) is 5.91 Å². The molecule has 1 aliphatic rings. The van der Waals surface area contributed by atoms with Crippen LogP contribution < -0.4 is 19.7 Å². The van der Waals surface area contributed by atoms with Gasteiger partial charge < -0.3 is 24.6 Å². The van der Waals surface area contributed by atoms with E-state index in [4.69, 9.17) is 14.7 Å². The number of piperazine rings is 1. The van der Waals surface area contributed by atoms with Crippen molar-refractivity contribution in [3.63, 3.8) is 0 Å². The fraction of sp³-hybridized carbons (Fsp3) is 0.348. The van der Waals surface area contributed by atoms with E-state index in [1.807, 2.05) is 0 Å². The highest BCUT2D eigenvalue weighted by Crippen LogP contribution is 2.35. The Balaban J connectivity index is 1.93. The number of halogens is 3. The second kappa shape index (κ2) is 9.91. The van der Waals surface area contributed by atoms with Crippen molar-refractivity contribution in [1.82, 2.24) is 10.2 Å². The molecular formula is C23H23F3N4O4. The van der Waals surface area contributed by atoms with Crippen molar-refractivity contribution in [2.24, 2.45) is 0 Å². The number of hydrogen-bond acceptors (Lipinski definition) is 6. The van der Waals surface area contributed by atoms with E-state index < -0.39 is 29.3 Å². The van der Waals surface area contributed by atoms with Crippen LogP contribution >= 0.6 is 0 Å². The number of amides is 2. The van der Waals surface area contributed by atoms with Gasteiger partial charge in [-0.1, -0.05) is 0 Å². The lowest BCUT2D eigenvalue weighted by atomic mass is 10.0.